The average molecular weight is 382 g/mol. The van der Waals surface area contributed by atoms with Crippen molar-refractivity contribution in [1.82, 2.24) is 9.55 Å². The molecule has 24 heavy (non-hydrogen) atoms. The first-order chi connectivity index (χ1) is 11.4. The Hall–Kier alpha value is -1.54. The third-order valence-electron chi connectivity index (χ3n) is 3.59. The van der Waals surface area contributed by atoms with Crippen molar-refractivity contribution in [2.24, 2.45) is 5.14 Å². The predicted molar refractivity (Wildman–Crippen MR) is 97.8 cm³/mol. The second-order valence-corrected chi connectivity index (χ2v) is 8.19. The van der Waals surface area contributed by atoms with E-state index in [1.165, 1.54) is 12.1 Å². The van der Waals surface area contributed by atoms with Crippen LogP contribution in [0.5, 0.6) is 0 Å². The number of aromatic nitrogens is 2. The number of aryl methyl sites for hydroxylation is 1. The number of primary sulfonamides is 1. The van der Waals surface area contributed by atoms with Crippen molar-refractivity contribution in [3.05, 3.63) is 53.1 Å². The second-order valence-electron chi connectivity index (χ2n) is 5.25. The molecule has 2 N–H and O–H groups in total. The summed E-state index contributed by atoms with van der Waals surface area (Å²) in [7, 11) is -3.74. The summed E-state index contributed by atoms with van der Waals surface area (Å²) in [6, 6.07) is 12.5. The number of fused-ring (bicyclic) bond motifs is 1. The predicted octanol–water partition coefficient (Wildman–Crippen LogP) is 3.65. The zero-order valence-electron chi connectivity index (χ0n) is 12.9. The zero-order valence-corrected chi connectivity index (χ0v) is 15.3. The molecule has 0 radical (unpaired) electrons. The number of rotatable bonds is 5. The van der Waals surface area contributed by atoms with Gasteiger partial charge < -0.3 is 4.57 Å². The van der Waals surface area contributed by atoms with Crippen molar-refractivity contribution >= 4 is 44.4 Å². The standard InChI is InChI=1S/C16H16ClN3O2S2/c1-2-20-15-7-6-13(24(18,21)22)9-14(15)19-16(20)23-10-11-4-3-5-12(17)8-11/h3-9H,2,10H2,1H3,(H2,18,21,22). The molecule has 0 saturated carbocycles. The van der Waals surface area contributed by atoms with Gasteiger partial charge in [-0.3, -0.25) is 0 Å². The van der Waals surface area contributed by atoms with Gasteiger partial charge in [-0.15, -0.1) is 0 Å². The van der Waals surface area contributed by atoms with Crippen LogP contribution in [0, 0.1) is 0 Å². The molecule has 0 unspecified atom stereocenters. The van der Waals surface area contributed by atoms with E-state index in [1.807, 2.05) is 31.2 Å². The Bertz CT molecular complexity index is 1000. The van der Waals surface area contributed by atoms with E-state index in [0.717, 1.165) is 28.5 Å². The number of imidazole rings is 1. The number of benzene rings is 2. The molecule has 0 aliphatic carbocycles. The molecule has 0 saturated heterocycles. The number of sulfonamides is 1. The lowest BCUT2D eigenvalue weighted by Gasteiger charge is -2.06. The SMILES string of the molecule is CCn1c(SCc2cccc(Cl)c2)nc2cc(S(N)(=O)=O)ccc21. The van der Waals surface area contributed by atoms with Crippen LogP contribution in [0.25, 0.3) is 11.0 Å². The van der Waals surface area contributed by atoms with Crippen molar-refractivity contribution in [1.29, 1.82) is 0 Å². The van der Waals surface area contributed by atoms with Crippen molar-refractivity contribution in [2.45, 2.75) is 29.3 Å². The number of nitrogens with zero attached hydrogens (tertiary/aromatic N) is 2. The van der Waals surface area contributed by atoms with Gasteiger partial charge >= 0.3 is 0 Å². The van der Waals surface area contributed by atoms with Crippen LogP contribution in [0.1, 0.15) is 12.5 Å². The summed E-state index contributed by atoms with van der Waals surface area (Å²) in [4.78, 5) is 4.64. The normalized spacial score (nSPS) is 12.0. The number of halogens is 1. The summed E-state index contributed by atoms with van der Waals surface area (Å²) in [5, 5.41) is 6.73. The first-order valence-corrected chi connectivity index (χ1v) is 10.2. The molecule has 0 aliphatic heterocycles. The summed E-state index contributed by atoms with van der Waals surface area (Å²) in [6.45, 7) is 2.77. The second kappa shape index (κ2) is 6.76. The zero-order chi connectivity index (χ0) is 17.3. The lowest BCUT2D eigenvalue weighted by Crippen LogP contribution is -2.11. The highest BCUT2D eigenvalue weighted by molar-refractivity contribution is 7.98. The van der Waals surface area contributed by atoms with Crippen LogP contribution in [0.2, 0.25) is 5.02 Å². The molecule has 2 aromatic carbocycles. The highest BCUT2D eigenvalue weighted by Crippen LogP contribution is 2.28. The average Bonchev–Trinajstić information content (AvgIpc) is 2.88. The maximum atomic E-state index is 11.5. The smallest absolute Gasteiger partial charge is 0.238 e. The molecular formula is C16H16ClN3O2S2. The highest BCUT2D eigenvalue weighted by Gasteiger charge is 2.14. The Morgan fingerprint density at radius 1 is 1.25 bits per heavy atom. The molecule has 0 amide bonds. The van der Waals surface area contributed by atoms with Gasteiger partial charge in [-0.25, -0.2) is 18.5 Å². The fourth-order valence-electron chi connectivity index (χ4n) is 2.45. The molecule has 3 aromatic rings. The third-order valence-corrected chi connectivity index (χ3v) is 5.78. The van der Waals surface area contributed by atoms with E-state index in [1.54, 1.807) is 17.8 Å². The van der Waals surface area contributed by atoms with E-state index >= 15 is 0 Å². The van der Waals surface area contributed by atoms with E-state index in [9.17, 15) is 8.42 Å². The van der Waals surface area contributed by atoms with Gasteiger partial charge in [0.15, 0.2) is 5.16 Å². The Morgan fingerprint density at radius 2 is 2.04 bits per heavy atom. The molecule has 1 aromatic heterocycles. The lowest BCUT2D eigenvalue weighted by atomic mass is 10.2. The van der Waals surface area contributed by atoms with Crippen molar-refractivity contribution in [3.63, 3.8) is 0 Å². The minimum Gasteiger partial charge on any atom is -0.319 e. The van der Waals surface area contributed by atoms with E-state index < -0.39 is 10.0 Å². The molecule has 0 aliphatic rings. The van der Waals surface area contributed by atoms with Gasteiger partial charge in [-0.05, 0) is 42.8 Å². The Morgan fingerprint density at radius 3 is 2.71 bits per heavy atom. The van der Waals surface area contributed by atoms with E-state index in [0.29, 0.717) is 10.5 Å². The summed E-state index contributed by atoms with van der Waals surface area (Å²) in [6.07, 6.45) is 0. The van der Waals surface area contributed by atoms with Crippen LogP contribution in [-0.4, -0.2) is 18.0 Å². The van der Waals surface area contributed by atoms with Crippen LogP contribution in [0.15, 0.2) is 52.5 Å². The quantitative estimate of drug-likeness (QED) is 0.684. The number of thioether (sulfide) groups is 1. The maximum absolute atomic E-state index is 11.5. The first-order valence-electron chi connectivity index (χ1n) is 7.29. The Kier molecular flexibility index (Phi) is 4.87. The molecule has 126 valence electrons. The fraction of sp³-hybridized carbons (Fsp3) is 0.188. The topological polar surface area (TPSA) is 78.0 Å². The molecule has 0 spiro atoms. The minimum atomic E-state index is -3.74. The monoisotopic (exact) mass is 381 g/mol. The summed E-state index contributed by atoms with van der Waals surface area (Å²) >= 11 is 7.60. The van der Waals surface area contributed by atoms with Gasteiger partial charge in [0.1, 0.15) is 0 Å². The molecule has 1 heterocycles. The van der Waals surface area contributed by atoms with E-state index in [4.69, 9.17) is 16.7 Å². The van der Waals surface area contributed by atoms with E-state index in [2.05, 4.69) is 9.55 Å². The van der Waals surface area contributed by atoms with Crippen molar-refractivity contribution < 1.29 is 8.42 Å². The van der Waals surface area contributed by atoms with Crippen LogP contribution in [-0.2, 0) is 22.3 Å². The summed E-state index contributed by atoms with van der Waals surface area (Å²) in [5.74, 6) is 0.728. The largest absolute Gasteiger partial charge is 0.319 e. The molecule has 8 heteroatoms. The molecular weight excluding hydrogens is 366 g/mol. The van der Waals surface area contributed by atoms with Crippen LogP contribution in [0.3, 0.4) is 0 Å². The van der Waals surface area contributed by atoms with Gasteiger partial charge in [0.05, 0.1) is 15.9 Å². The van der Waals surface area contributed by atoms with Gasteiger partial charge in [0, 0.05) is 17.3 Å². The number of hydrogen-bond donors (Lipinski definition) is 1. The van der Waals surface area contributed by atoms with Crippen LogP contribution >= 0.6 is 23.4 Å². The van der Waals surface area contributed by atoms with Gasteiger partial charge in [-0.1, -0.05) is 35.5 Å². The summed E-state index contributed by atoms with van der Waals surface area (Å²) in [5.41, 5.74) is 2.61. The van der Waals surface area contributed by atoms with E-state index in [-0.39, 0.29) is 4.90 Å². The molecule has 0 fully saturated rings. The summed E-state index contributed by atoms with van der Waals surface area (Å²) < 4.78 is 25.1. The third kappa shape index (κ3) is 3.59. The van der Waals surface area contributed by atoms with Gasteiger partial charge in [-0.2, -0.15) is 0 Å². The number of nitrogens with two attached hydrogens (primary N) is 1. The number of hydrogen-bond acceptors (Lipinski definition) is 4. The fourth-order valence-corrected chi connectivity index (χ4v) is 4.22. The van der Waals surface area contributed by atoms with Gasteiger partial charge in [0.25, 0.3) is 0 Å². The Labute approximate surface area is 149 Å². The maximum Gasteiger partial charge on any atom is 0.238 e. The minimum absolute atomic E-state index is 0.0714. The van der Waals surface area contributed by atoms with Crippen molar-refractivity contribution in [2.75, 3.05) is 0 Å². The first kappa shape index (κ1) is 17.3. The Balaban J connectivity index is 1.95. The lowest BCUT2D eigenvalue weighted by molar-refractivity contribution is 0.598. The molecule has 5 nitrogen and oxygen atoms in total. The highest BCUT2D eigenvalue weighted by atomic mass is 35.5. The molecule has 3 rings (SSSR count). The van der Waals surface area contributed by atoms with Crippen molar-refractivity contribution in [3.8, 4) is 0 Å². The van der Waals surface area contributed by atoms with Crippen LogP contribution in [0.4, 0.5) is 0 Å². The van der Waals surface area contributed by atoms with Crippen LogP contribution < -0.4 is 5.14 Å². The molecule has 0 bridgehead atoms. The van der Waals surface area contributed by atoms with Gasteiger partial charge in [0.2, 0.25) is 10.0 Å². The molecule has 0 atom stereocenters.